The van der Waals surface area contributed by atoms with Gasteiger partial charge in [0.15, 0.2) is 5.78 Å². The first-order chi connectivity index (χ1) is 19.7. The molecule has 0 saturated carbocycles. The Hall–Kier alpha value is -4.92. The number of nitrogens with one attached hydrogen (secondary N) is 1. The average molecular weight is 563 g/mol. The zero-order valence-electron chi connectivity index (χ0n) is 21.8. The van der Waals surface area contributed by atoms with E-state index in [1.807, 2.05) is 6.07 Å². The number of nitrogens with zero attached hydrogens (tertiary/aromatic N) is 5. The molecule has 12 heteroatoms. The lowest BCUT2D eigenvalue weighted by molar-refractivity contribution is -0.137. The van der Waals surface area contributed by atoms with E-state index >= 15 is 0 Å². The smallest absolute Gasteiger partial charge is 0.353 e. The molecule has 1 aliphatic carbocycles. The number of nitriles is 1. The molecule has 2 aromatic carbocycles. The van der Waals surface area contributed by atoms with Gasteiger partial charge in [-0.15, -0.1) is 0 Å². The van der Waals surface area contributed by atoms with Crippen LogP contribution < -0.4 is 10.2 Å². The Morgan fingerprint density at radius 2 is 1.90 bits per heavy atom. The third kappa shape index (κ3) is 5.70. The van der Waals surface area contributed by atoms with Crippen molar-refractivity contribution in [2.24, 2.45) is 0 Å². The van der Waals surface area contributed by atoms with Gasteiger partial charge in [-0.3, -0.25) is 14.5 Å². The highest BCUT2D eigenvalue weighted by atomic mass is 19.4. The lowest BCUT2D eigenvalue weighted by Crippen LogP contribution is -2.54. The van der Waals surface area contributed by atoms with Gasteiger partial charge in [0.05, 0.1) is 35.3 Å². The van der Waals surface area contributed by atoms with Gasteiger partial charge in [-0.25, -0.2) is 9.78 Å². The third-order valence-corrected chi connectivity index (χ3v) is 7.07. The molecule has 0 radical (unpaired) electrons. The number of amides is 3. The van der Waals surface area contributed by atoms with Crippen LogP contribution in [0.3, 0.4) is 0 Å². The molecule has 1 unspecified atom stereocenters. The quantitative estimate of drug-likeness (QED) is 0.453. The fourth-order valence-corrected chi connectivity index (χ4v) is 5.19. The van der Waals surface area contributed by atoms with Crippen LogP contribution >= 0.6 is 0 Å². The summed E-state index contributed by atoms with van der Waals surface area (Å²) in [5, 5.41) is 12.0. The van der Waals surface area contributed by atoms with Crippen LogP contribution in [0.25, 0.3) is 0 Å². The highest BCUT2D eigenvalue weighted by molar-refractivity contribution is 6.07. The number of aromatic nitrogens is 2. The molecule has 2 heterocycles. The van der Waals surface area contributed by atoms with Crippen molar-refractivity contribution in [3.05, 3.63) is 95.2 Å². The Morgan fingerprint density at radius 1 is 1.12 bits per heavy atom. The molecule has 0 spiro atoms. The Kier molecular flexibility index (Phi) is 7.61. The average Bonchev–Trinajstić information content (AvgIpc) is 3.47. The van der Waals surface area contributed by atoms with Crippen LogP contribution in [-0.4, -0.2) is 45.3 Å². The number of carbonyl (C=O) groups is 3. The van der Waals surface area contributed by atoms with E-state index in [1.165, 1.54) is 17.0 Å². The summed E-state index contributed by atoms with van der Waals surface area (Å²) in [6, 6.07) is 11.0. The minimum absolute atomic E-state index is 0.0455. The number of allylic oxidation sites excluding steroid dienone is 1. The van der Waals surface area contributed by atoms with E-state index in [4.69, 9.17) is 0 Å². The number of ketones is 1. The summed E-state index contributed by atoms with van der Waals surface area (Å²) in [6.45, 7) is 0.221. The number of halogens is 3. The van der Waals surface area contributed by atoms with Crippen LogP contribution in [-0.2, 0) is 22.3 Å². The minimum Gasteiger partial charge on any atom is -0.353 e. The summed E-state index contributed by atoms with van der Waals surface area (Å²) >= 11 is 0. The van der Waals surface area contributed by atoms with Crippen molar-refractivity contribution in [3.63, 3.8) is 0 Å². The van der Waals surface area contributed by atoms with Gasteiger partial charge < -0.3 is 14.8 Å². The van der Waals surface area contributed by atoms with E-state index in [1.54, 1.807) is 47.6 Å². The molecule has 210 valence electrons. The summed E-state index contributed by atoms with van der Waals surface area (Å²) in [6.07, 6.45) is 1.20. The Morgan fingerprint density at radius 3 is 2.59 bits per heavy atom. The van der Waals surface area contributed by atoms with Crippen molar-refractivity contribution < 1.29 is 27.6 Å². The zero-order chi connectivity index (χ0) is 29.1. The number of Topliss-reactive ketones (excluding diaryl/α,β-unsaturated/α-hetero) is 1. The van der Waals surface area contributed by atoms with Gasteiger partial charge in [0.25, 0.3) is 0 Å². The highest BCUT2D eigenvalue weighted by Gasteiger charge is 2.45. The first-order valence-corrected chi connectivity index (χ1v) is 12.9. The summed E-state index contributed by atoms with van der Waals surface area (Å²) in [5.41, 5.74) is 0.464. The Bertz CT molecular complexity index is 1540. The van der Waals surface area contributed by atoms with Crippen LogP contribution in [0, 0.1) is 11.3 Å². The molecule has 0 bridgehead atoms. The first kappa shape index (κ1) is 27.6. The molecule has 1 atom stereocenters. The number of rotatable bonds is 7. The maximum Gasteiger partial charge on any atom is 0.416 e. The van der Waals surface area contributed by atoms with Crippen molar-refractivity contribution in [1.82, 2.24) is 19.8 Å². The number of anilines is 1. The van der Waals surface area contributed by atoms with Crippen LogP contribution in [0.1, 0.15) is 42.0 Å². The van der Waals surface area contributed by atoms with E-state index in [2.05, 4.69) is 10.3 Å². The monoisotopic (exact) mass is 562 g/mol. The van der Waals surface area contributed by atoms with Crippen molar-refractivity contribution in [2.75, 3.05) is 18.0 Å². The number of urea groups is 1. The van der Waals surface area contributed by atoms with Gasteiger partial charge in [-0.1, -0.05) is 18.2 Å². The van der Waals surface area contributed by atoms with E-state index in [9.17, 15) is 32.8 Å². The number of imidazole rings is 1. The maximum atomic E-state index is 14.1. The maximum absolute atomic E-state index is 14.1. The molecule has 1 aliphatic heterocycles. The number of hydrogen-bond acceptors (Lipinski definition) is 5. The predicted molar refractivity (Wildman–Crippen MR) is 141 cm³/mol. The van der Waals surface area contributed by atoms with Gasteiger partial charge in [0, 0.05) is 43.2 Å². The second-order valence-electron chi connectivity index (χ2n) is 9.72. The lowest BCUT2D eigenvalue weighted by atomic mass is 9.83. The van der Waals surface area contributed by atoms with Crippen molar-refractivity contribution in [1.29, 1.82) is 5.26 Å². The summed E-state index contributed by atoms with van der Waals surface area (Å²) in [4.78, 5) is 46.9. The molecule has 3 amide bonds. The molecule has 2 aliphatic rings. The van der Waals surface area contributed by atoms with Gasteiger partial charge in [-0.05, 0) is 48.7 Å². The molecule has 3 aromatic rings. The lowest BCUT2D eigenvalue weighted by Gasteiger charge is -2.45. The van der Waals surface area contributed by atoms with E-state index in [0.717, 1.165) is 17.0 Å². The molecule has 1 aromatic heterocycles. The largest absolute Gasteiger partial charge is 0.416 e. The van der Waals surface area contributed by atoms with Crippen LogP contribution in [0.4, 0.5) is 23.7 Å². The van der Waals surface area contributed by atoms with Crippen molar-refractivity contribution in [2.45, 2.75) is 38.0 Å². The molecule has 0 saturated heterocycles. The van der Waals surface area contributed by atoms with Gasteiger partial charge in [0.2, 0.25) is 5.91 Å². The van der Waals surface area contributed by atoms with Gasteiger partial charge in [-0.2, -0.15) is 18.4 Å². The highest BCUT2D eigenvalue weighted by Crippen LogP contribution is 2.44. The van der Waals surface area contributed by atoms with E-state index < -0.39 is 36.3 Å². The zero-order valence-corrected chi connectivity index (χ0v) is 21.8. The fraction of sp³-hybridized carbons (Fsp3) is 0.276. The summed E-state index contributed by atoms with van der Waals surface area (Å²) in [7, 11) is 0. The predicted octanol–water partition coefficient (Wildman–Crippen LogP) is 4.58. The fourth-order valence-electron chi connectivity index (χ4n) is 5.19. The molecule has 5 rings (SSSR count). The van der Waals surface area contributed by atoms with Crippen LogP contribution in [0.15, 0.2) is 78.5 Å². The molecular weight excluding hydrogens is 537 g/mol. The van der Waals surface area contributed by atoms with Crippen molar-refractivity contribution in [3.8, 4) is 6.07 Å². The summed E-state index contributed by atoms with van der Waals surface area (Å²) < 4.78 is 42.5. The van der Waals surface area contributed by atoms with E-state index in [0.29, 0.717) is 36.2 Å². The molecule has 41 heavy (non-hydrogen) atoms. The minimum atomic E-state index is -4.64. The summed E-state index contributed by atoms with van der Waals surface area (Å²) in [5.74, 6) is -0.760. The van der Waals surface area contributed by atoms with Crippen LogP contribution in [0.2, 0.25) is 0 Å². The topological polar surface area (TPSA) is 111 Å². The third-order valence-electron chi connectivity index (χ3n) is 7.07. The first-order valence-electron chi connectivity index (χ1n) is 12.9. The standard InChI is InChI=1S/C29H25F3N6O3/c30-29(31,32)21-3-1-4-22(15-21)38-23-5-2-6-24(39)26(23)27(20-9-7-19(16-33)8-10-20)37(28(38)41)17-25(40)35-12-14-36-13-11-34-18-36/h1,3-4,7-11,13,15,18,27H,2,5-6,12,14,17H2,(H,35,40). The SMILES string of the molecule is N#Cc1ccc(C2C3=C(CCCC3=O)N(c3cccc(C(F)(F)F)c3)C(=O)N2CC(=O)NCCn2ccnc2)cc1. The number of hydrogen-bond donors (Lipinski definition) is 1. The van der Waals surface area contributed by atoms with Gasteiger partial charge in [0.1, 0.15) is 6.54 Å². The Labute approximate surface area is 233 Å². The number of carbonyl (C=O) groups excluding carboxylic acids is 3. The number of benzene rings is 2. The van der Waals surface area contributed by atoms with Crippen molar-refractivity contribution >= 4 is 23.4 Å². The van der Waals surface area contributed by atoms with Gasteiger partial charge >= 0.3 is 12.2 Å². The Balaban J connectivity index is 1.57. The normalized spacial score (nSPS) is 17.4. The molecule has 1 N–H and O–H groups in total. The number of alkyl halides is 3. The second-order valence-corrected chi connectivity index (χ2v) is 9.72. The molecule has 0 fully saturated rings. The molecule has 9 nitrogen and oxygen atoms in total. The van der Waals surface area contributed by atoms with Crippen LogP contribution in [0.5, 0.6) is 0 Å². The second kappa shape index (κ2) is 11.3. The molecular formula is C29H25F3N6O3. The van der Waals surface area contributed by atoms with E-state index in [-0.39, 0.29) is 30.0 Å².